The van der Waals surface area contributed by atoms with Gasteiger partial charge in [0.2, 0.25) is 5.91 Å². The second-order valence-electron chi connectivity index (χ2n) is 7.83. The SMILES string of the molecule is CCCCCCC(F)(F)C(O)/C=C/C1CCC(=O)N1CCCCCCC(=O)OC. The predicted molar refractivity (Wildman–Crippen MR) is 109 cm³/mol. The van der Waals surface area contributed by atoms with E-state index in [9.17, 15) is 23.5 Å². The third kappa shape index (κ3) is 9.70. The number of aliphatic hydroxyl groups excluding tert-OH is 1. The van der Waals surface area contributed by atoms with Crippen LogP contribution in [0.3, 0.4) is 0 Å². The highest BCUT2D eigenvalue weighted by molar-refractivity contribution is 5.79. The summed E-state index contributed by atoms with van der Waals surface area (Å²) in [6.45, 7) is 2.59. The number of carbonyl (C=O) groups is 2. The smallest absolute Gasteiger partial charge is 0.305 e. The van der Waals surface area contributed by atoms with Crippen LogP contribution in [-0.4, -0.2) is 53.6 Å². The molecule has 168 valence electrons. The van der Waals surface area contributed by atoms with Gasteiger partial charge < -0.3 is 14.7 Å². The number of hydrogen-bond donors (Lipinski definition) is 1. The van der Waals surface area contributed by atoms with E-state index in [0.29, 0.717) is 32.2 Å². The van der Waals surface area contributed by atoms with Crippen LogP contribution in [0, 0.1) is 0 Å². The van der Waals surface area contributed by atoms with Gasteiger partial charge in [-0.15, -0.1) is 0 Å². The molecule has 29 heavy (non-hydrogen) atoms. The average Bonchev–Trinajstić information content (AvgIpc) is 3.05. The highest BCUT2D eigenvalue weighted by atomic mass is 19.3. The molecule has 1 saturated heterocycles. The molecule has 0 aromatic heterocycles. The molecular formula is C22H37F2NO4. The predicted octanol–water partition coefficient (Wildman–Crippen LogP) is 4.62. The maximum atomic E-state index is 14.1. The molecular weight excluding hydrogens is 380 g/mol. The van der Waals surface area contributed by atoms with Gasteiger partial charge in [-0.05, 0) is 25.7 Å². The van der Waals surface area contributed by atoms with Crippen LogP contribution in [0.5, 0.6) is 0 Å². The molecule has 1 rings (SSSR count). The number of rotatable bonds is 15. The first-order chi connectivity index (χ1) is 13.8. The number of hydrogen-bond acceptors (Lipinski definition) is 4. The molecule has 1 aliphatic rings. The molecule has 1 fully saturated rings. The maximum Gasteiger partial charge on any atom is 0.305 e. The van der Waals surface area contributed by atoms with E-state index in [-0.39, 0.29) is 24.3 Å². The molecule has 5 nitrogen and oxygen atoms in total. The number of amides is 1. The minimum absolute atomic E-state index is 0.0232. The Bertz CT molecular complexity index is 525. The summed E-state index contributed by atoms with van der Waals surface area (Å²) >= 11 is 0. The number of alkyl halides is 2. The van der Waals surface area contributed by atoms with Gasteiger partial charge in [-0.1, -0.05) is 51.2 Å². The average molecular weight is 418 g/mol. The van der Waals surface area contributed by atoms with Crippen molar-refractivity contribution in [2.75, 3.05) is 13.7 Å². The first-order valence-corrected chi connectivity index (χ1v) is 10.9. The summed E-state index contributed by atoms with van der Waals surface area (Å²) in [6.07, 6.45) is 8.32. The van der Waals surface area contributed by atoms with E-state index in [1.807, 2.05) is 6.92 Å². The van der Waals surface area contributed by atoms with Crippen molar-refractivity contribution in [3.63, 3.8) is 0 Å². The second-order valence-corrected chi connectivity index (χ2v) is 7.83. The molecule has 7 heteroatoms. The summed E-state index contributed by atoms with van der Waals surface area (Å²) in [7, 11) is 1.37. The van der Waals surface area contributed by atoms with Crippen molar-refractivity contribution in [3.05, 3.63) is 12.2 Å². The first-order valence-electron chi connectivity index (χ1n) is 10.9. The fourth-order valence-electron chi connectivity index (χ4n) is 3.56. The van der Waals surface area contributed by atoms with Crippen LogP contribution in [0.15, 0.2) is 12.2 Å². The standard InChI is InChI=1S/C22H37F2NO4/c1-3-4-5-9-16-22(23,24)19(26)14-12-18-13-15-20(27)25(18)17-10-7-6-8-11-21(28)29-2/h12,14,18-19,26H,3-11,13,15-17H2,1-2H3/b14-12+. The van der Waals surface area contributed by atoms with Gasteiger partial charge in [0.1, 0.15) is 6.10 Å². The molecule has 0 aliphatic carbocycles. The molecule has 1 amide bonds. The molecule has 0 spiro atoms. The van der Waals surface area contributed by atoms with Crippen molar-refractivity contribution in [2.24, 2.45) is 0 Å². The van der Waals surface area contributed by atoms with Crippen molar-refractivity contribution in [3.8, 4) is 0 Å². The topological polar surface area (TPSA) is 66.8 Å². The van der Waals surface area contributed by atoms with E-state index in [1.165, 1.54) is 7.11 Å². The van der Waals surface area contributed by atoms with E-state index in [1.54, 1.807) is 11.0 Å². The van der Waals surface area contributed by atoms with Gasteiger partial charge in [0.25, 0.3) is 5.92 Å². The van der Waals surface area contributed by atoms with Crippen molar-refractivity contribution in [2.45, 2.75) is 102 Å². The number of aliphatic hydroxyl groups is 1. The van der Waals surface area contributed by atoms with Crippen LogP contribution in [0.25, 0.3) is 0 Å². The Morgan fingerprint density at radius 2 is 1.93 bits per heavy atom. The normalized spacial score (nSPS) is 18.6. The van der Waals surface area contributed by atoms with Crippen LogP contribution in [0.1, 0.15) is 84.0 Å². The Hall–Kier alpha value is -1.50. The summed E-state index contributed by atoms with van der Waals surface area (Å²) < 4.78 is 32.8. The Balaban J connectivity index is 2.40. The van der Waals surface area contributed by atoms with Crippen molar-refractivity contribution < 1.29 is 28.2 Å². The van der Waals surface area contributed by atoms with Gasteiger partial charge in [-0.25, -0.2) is 8.78 Å². The van der Waals surface area contributed by atoms with Crippen LogP contribution in [-0.2, 0) is 14.3 Å². The van der Waals surface area contributed by atoms with Gasteiger partial charge in [-0.2, -0.15) is 0 Å². The highest BCUT2D eigenvalue weighted by Crippen LogP contribution is 2.28. The number of unbranched alkanes of at least 4 members (excludes halogenated alkanes) is 6. The Morgan fingerprint density at radius 1 is 1.24 bits per heavy atom. The van der Waals surface area contributed by atoms with Gasteiger partial charge in [0, 0.05) is 25.8 Å². The molecule has 0 saturated carbocycles. The lowest BCUT2D eigenvalue weighted by atomic mass is 10.0. The third-order valence-corrected chi connectivity index (χ3v) is 5.44. The summed E-state index contributed by atoms with van der Waals surface area (Å²) in [4.78, 5) is 24.9. The minimum Gasteiger partial charge on any atom is -0.469 e. The maximum absolute atomic E-state index is 14.1. The zero-order valence-electron chi connectivity index (χ0n) is 17.9. The van der Waals surface area contributed by atoms with E-state index in [0.717, 1.165) is 51.0 Å². The number of likely N-dealkylation sites (tertiary alicyclic amines) is 1. The largest absolute Gasteiger partial charge is 0.469 e. The second kappa shape index (κ2) is 13.7. The number of methoxy groups -OCH3 is 1. The fraction of sp³-hybridized carbons (Fsp3) is 0.818. The number of nitrogens with zero attached hydrogens (tertiary/aromatic N) is 1. The van der Waals surface area contributed by atoms with Crippen LogP contribution >= 0.6 is 0 Å². The van der Waals surface area contributed by atoms with E-state index in [4.69, 9.17) is 0 Å². The van der Waals surface area contributed by atoms with E-state index >= 15 is 0 Å². The van der Waals surface area contributed by atoms with Gasteiger partial charge in [0.15, 0.2) is 0 Å². The molecule has 2 atom stereocenters. The van der Waals surface area contributed by atoms with E-state index in [2.05, 4.69) is 4.74 Å². The molecule has 1 N–H and O–H groups in total. The van der Waals surface area contributed by atoms with Crippen LogP contribution < -0.4 is 0 Å². The van der Waals surface area contributed by atoms with Gasteiger partial charge in [0.05, 0.1) is 13.2 Å². The fourth-order valence-corrected chi connectivity index (χ4v) is 3.56. The molecule has 0 aromatic rings. The molecule has 2 unspecified atom stereocenters. The van der Waals surface area contributed by atoms with Crippen molar-refractivity contribution in [1.29, 1.82) is 0 Å². The zero-order chi connectivity index (χ0) is 21.7. The lowest BCUT2D eigenvalue weighted by Crippen LogP contribution is -2.34. The Morgan fingerprint density at radius 3 is 2.62 bits per heavy atom. The summed E-state index contributed by atoms with van der Waals surface area (Å²) in [5, 5.41) is 9.91. The Kier molecular flexibility index (Phi) is 12.0. The lowest BCUT2D eigenvalue weighted by Gasteiger charge is -2.24. The summed E-state index contributed by atoms with van der Waals surface area (Å²) in [6, 6.07) is -0.233. The van der Waals surface area contributed by atoms with E-state index < -0.39 is 12.0 Å². The van der Waals surface area contributed by atoms with Crippen LogP contribution in [0.2, 0.25) is 0 Å². The summed E-state index contributed by atoms with van der Waals surface area (Å²) in [5.74, 6) is -3.34. The molecule has 0 radical (unpaired) electrons. The van der Waals surface area contributed by atoms with Gasteiger partial charge >= 0.3 is 5.97 Å². The first kappa shape index (κ1) is 25.5. The number of esters is 1. The highest BCUT2D eigenvalue weighted by Gasteiger charge is 2.36. The monoisotopic (exact) mass is 417 g/mol. The third-order valence-electron chi connectivity index (χ3n) is 5.44. The molecule has 1 heterocycles. The molecule has 0 aromatic carbocycles. The quantitative estimate of drug-likeness (QED) is 0.240. The Labute approximate surface area is 173 Å². The summed E-state index contributed by atoms with van der Waals surface area (Å²) in [5.41, 5.74) is 0. The van der Waals surface area contributed by atoms with Crippen molar-refractivity contribution in [1.82, 2.24) is 4.90 Å². The van der Waals surface area contributed by atoms with Crippen molar-refractivity contribution >= 4 is 11.9 Å². The van der Waals surface area contributed by atoms with Gasteiger partial charge in [-0.3, -0.25) is 9.59 Å². The zero-order valence-corrected chi connectivity index (χ0v) is 17.9. The molecule has 1 aliphatic heterocycles. The lowest BCUT2D eigenvalue weighted by molar-refractivity contribution is -0.140. The minimum atomic E-state index is -3.14. The number of halogens is 2. The number of carbonyl (C=O) groups excluding carboxylic acids is 2. The number of ether oxygens (including phenoxy) is 1. The molecule has 0 bridgehead atoms. The van der Waals surface area contributed by atoms with Crippen LogP contribution in [0.4, 0.5) is 8.78 Å².